The highest BCUT2D eigenvalue weighted by Gasteiger charge is 2.17. The van der Waals surface area contributed by atoms with E-state index in [1.165, 1.54) is 0 Å². The molecule has 3 aromatic carbocycles. The maximum absolute atomic E-state index is 12.6. The third-order valence-electron chi connectivity index (χ3n) is 7.63. The topological polar surface area (TPSA) is 92.7 Å². The second-order valence-electron chi connectivity index (χ2n) is 10.7. The van der Waals surface area contributed by atoms with E-state index >= 15 is 0 Å². The summed E-state index contributed by atoms with van der Waals surface area (Å²) in [6.07, 6.45) is 5.45. The Labute approximate surface area is 257 Å². The number of halogens is 1. The van der Waals surface area contributed by atoms with Gasteiger partial charge in [0.25, 0.3) is 5.91 Å². The molecular formula is C35H36ClN3O4. The Kier molecular flexibility index (Phi) is 9.97. The summed E-state index contributed by atoms with van der Waals surface area (Å²) in [7, 11) is 0. The zero-order valence-electron chi connectivity index (χ0n) is 24.2. The van der Waals surface area contributed by atoms with Crippen molar-refractivity contribution in [3.63, 3.8) is 0 Å². The average molecular weight is 598 g/mol. The molecule has 5 rings (SSSR count). The minimum absolute atomic E-state index is 0.0628. The molecule has 1 aliphatic rings. The van der Waals surface area contributed by atoms with Gasteiger partial charge in [0.05, 0.1) is 16.6 Å². The summed E-state index contributed by atoms with van der Waals surface area (Å²) < 4.78 is 12.5. The van der Waals surface area contributed by atoms with Crippen LogP contribution in [0.1, 0.15) is 51.9 Å². The molecule has 8 heteroatoms. The summed E-state index contributed by atoms with van der Waals surface area (Å²) in [5.41, 5.74) is 6.54. The normalized spacial score (nSPS) is 16.0. The van der Waals surface area contributed by atoms with Gasteiger partial charge in [-0.05, 0) is 60.6 Å². The van der Waals surface area contributed by atoms with E-state index in [1.807, 2.05) is 30.3 Å². The minimum atomic E-state index is -0.317. The van der Waals surface area contributed by atoms with Crippen LogP contribution in [0.3, 0.4) is 0 Å². The van der Waals surface area contributed by atoms with Crippen LogP contribution in [0.4, 0.5) is 0 Å². The summed E-state index contributed by atoms with van der Waals surface area (Å²) >= 11 is 6.75. The van der Waals surface area contributed by atoms with Gasteiger partial charge in [-0.15, -0.1) is 0 Å². The maximum atomic E-state index is 12.6. The first kappa shape index (κ1) is 30.1. The average Bonchev–Trinajstić information content (AvgIpc) is 3.01. The number of aliphatic hydroxyl groups is 1. The molecule has 3 N–H and O–H groups in total. The van der Waals surface area contributed by atoms with Crippen molar-refractivity contribution in [1.82, 2.24) is 15.6 Å². The first-order valence-electron chi connectivity index (χ1n) is 14.4. The molecule has 0 fully saturated rings. The van der Waals surface area contributed by atoms with Gasteiger partial charge in [-0.3, -0.25) is 9.78 Å². The molecule has 2 bridgehead atoms. The van der Waals surface area contributed by atoms with Crippen molar-refractivity contribution in [2.75, 3.05) is 6.54 Å². The molecular weight excluding hydrogens is 562 g/mol. The molecule has 0 saturated heterocycles. The largest absolute Gasteiger partial charge is 0.511 e. The number of benzene rings is 3. The van der Waals surface area contributed by atoms with E-state index in [0.717, 1.165) is 46.2 Å². The number of carbonyl (C=O) groups is 1. The van der Waals surface area contributed by atoms with Crippen LogP contribution >= 0.6 is 11.6 Å². The molecule has 222 valence electrons. The first-order valence-corrected chi connectivity index (χ1v) is 14.8. The molecule has 7 nitrogen and oxygen atoms in total. The number of pyridine rings is 1. The zero-order valence-corrected chi connectivity index (χ0v) is 25.0. The molecule has 0 radical (unpaired) electrons. The molecule has 2 heterocycles. The Bertz CT molecular complexity index is 1590. The van der Waals surface area contributed by atoms with Gasteiger partial charge in [-0.1, -0.05) is 66.7 Å². The van der Waals surface area contributed by atoms with E-state index in [4.69, 9.17) is 21.1 Å². The summed E-state index contributed by atoms with van der Waals surface area (Å²) in [6.45, 7) is 7.29. The van der Waals surface area contributed by atoms with Crippen molar-refractivity contribution >= 4 is 17.5 Å². The lowest BCUT2D eigenvalue weighted by molar-refractivity contribution is 0.0952. The molecule has 0 aliphatic carbocycles. The number of hydrogen-bond acceptors (Lipinski definition) is 6. The highest BCUT2D eigenvalue weighted by atomic mass is 35.5. The molecule has 0 saturated carbocycles. The van der Waals surface area contributed by atoms with Crippen LogP contribution in [0.25, 0.3) is 11.1 Å². The lowest BCUT2D eigenvalue weighted by Crippen LogP contribution is -2.31. The van der Waals surface area contributed by atoms with Gasteiger partial charge in [0.1, 0.15) is 30.5 Å². The van der Waals surface area contributed by atoms with E-state index < -0.39 is 0 Å². The molecule has 0 unspecified atom stereocenters. The Morgan fingerprint density at radius 2 is 1.93 bits per heavy atom. The van der Waals surface area contributed by atoms with Crippen LogP contribution in [-0.4, -0.2) is 28.6 Å². The third kappa shape index (κ3) is 7.74. The fourth-order valence-corrected chi connectivity index (χ4v) is 5.37. The number of aliphatic hydroxyl groups excluding tert-OH is 1. The van der Waals surface area contributed by atoms with E-state index in [1.54, 1.807) is 24.5 Å². The van der Waals surface area contributed by atoms with Gasteiger partial charge in [0.2, 0.25) is 0 Å². The summed E-state index contributed by atoms with van der Waals surface area (Å²) in [5.74, 6) is 0.949. The Hall–Kier alpha value is -4.33. The fraction of sp³-hybridized carbons (Fsp3) is 0.257. The number of ether oxygens (including phenoxy) is 2. The molecule has 4 aromatic rings. The number of rotatable bonds is 5. The van der Waals surface area contributed by atoms with Crippen molar-refractivity contribution in [2.24, 2.45) is 0 Å². The standard InChI is InChI=1S/C35H36ClN3O4/c1-23-27(11-8-12-30(23)26-9-4-3-5-10-26)22-43-34-17-33-28(16-31(34)36)20-39-32(24(2)40)13-6-7-14-38-35(41)29-15-25(21-42-33)18-37-19-29/h3-5,8-12,15-19,32,39-40H,2,6-7,13-14,20-22H2,1H3,(H,38,41)/t32-/m1/s1. The minimum Gasteiger partial charge on any atom is -0.511 e. The highest BCUT2D eigenvalue weighted by Crippen LogP contribution is 2.35. The van der Waals surface area contributed by atoms with Gasteiger partial charge in [-0.2, -0.15) is 0 Å². The number of hydrogen-bond donors (Lipinski definition) is 3. The first-order chi connectivity index (χ1) is 20.9. The molecule has 1 atom stereocenters. The van der Waals surface area contributed by atoms with Crippen molar-refractivity contribution in [2.45, 2.75) is 52.0 Å². The van der Waals surface area contributed by atoms with Gasteiger partial charge in [0, 0.05) is 42.7 Å². The van der Waals surface area contributed by atoms with Crippen LogP contribution in [0.15, 0.2) is 91.5 Å². The van der Waals surface area contributed by atoms with Crippen LogP contribution < -0.4 is 20.1 Å². The molecule has 1 amide bonds. The maximum Gasteiger partial charge on any atom is 0.252 e. The fourth-order valence-electron chi connectivity index (χ4n) is 5.13. The molecule has 0 spiro atoms. The molecule has 1 aliphatic heterocycles. The van der Waals surface area contributed by atoms with Gasteiger partial charge < -0.3 is 25.2 Å². The second kappa shape index (κ2) is 14.2. The predicted molar refractivity (Wildman–Crippen MR) is 170 cm³/mol. The van der Waals surface area contributed by atoms with Crippen LogP contribution in [0.2, 0.25) is 5.02 Å². The second-order valence-corrected chi connectivity index (χ2v) is 11.1. The Morgan fingerprint density at radius 3 is 2.74 bits per heavy atom. The number of amides is 1. The number of nitrogens with zero attached hydrogens (tertiary/aromatic N) is 1. The lowest BCUT2D eigenvalue weighted by Gasteiger charge is -2.21. The number of fused-ring (bicyclic) bond motifs is 3. The zero-order chi connectivity index (χ0) is 30.2. The van der Waals surface area contributed by atoms with Crippen molar-refractivity contribution < 1.29 is 19.4 Å². The Balaban J connectivity index is 1.41. The van der Waals surface area contributed by atoms with E-state index in [9.17, 15) is 9.90 Å². The van der Waals surface area contributed by atoms with Gasteiger partial charge in [-0.25, -0.2) is 0 Å². The summed E-state index contributed by atoms with van der Waals surface area (Å²) in [4.78, 5) is 16.9. The van der Waals surface area contributed by atoms with Gasteiger partial charge in [0.15, 0.2) is 0 Å². The monoisotopic (exact) mass is 597 g/mol. The number of carbonyl (C=O) groups excluding carboxylic acids is 1. The highest BCUT2D eigenvalue weighted by molar-refractivity contribution is 6.32. The van der Waals surface area contributed by atoms with Gasteiger partial charge >= 0.3 is 0 Å². The number of nitrogens with one attached hydrogen (secondary N) is 2. The Morgan fingerprint density at radius 1 is 1.09 bits per heavy atom. The van der Waals surface area contributed by atoms with Crippen molar-refractivity contribution in [1.29, 1.82) is 0 Å². The summed E-state index contributed by atoms with van der Waals surface area (Å²) in [5, 5.41) is 17.0. The van der Waals surface area contributed by atoms with Crippen LogP contribution in [0, 0.1) is 6.92 Å². The molecule has 43 heavy (non-hydrogen) atoms. The van der Waals surface area contributed by atoms with Crippen LogP contribution in [-0.2, 0) is 19.8 Å². The lowest BCUT2D eigenvalue weighted by atomic mass is 9.97. The molecule has 1 aromatic heterocycles. The SMILES string of the molecule is C=C(O)[C@H]1CCCCNC(=O)c2cncc(c2)COc2cc(OCc3cccc(-c4ccccc4)c3C)c(Cl)cc2CN1. The van der Waals surface area contributed by atoms with E-state index in [0.29, 0.717) is 48.2 Å². The third-order valence-corrected chi connectivity index (χ3v) is 7.92. The quantitative estimate of drug-likeness (QED) is 0.209. The summed E-state index contributed by atoms with van der Waals surface area (Å²) in [6, 6.07) is 21.6. The van der Waals surface area contributed by atoms with Crippen molar-refractivity contribution in [3.05, 3.63) is 124 Å². The van der Waals surface area contributed by atoms with Crippen LogP contribution in [0.5, 0.6) is 11.5 Å². The smallest absolute Gasteiger partial charge is 0.252 e. The van der Waals surface area contributed by atoms with E-state index in [2.05, 4.69) is 53.4 Å². The predicted octanol–water partition coefficient (Wildman–Crippen LogP) is 7.31. The van der Waals surface area contributed by atoms with E-state index in [-0.39, 0.29) is 24.3 Å². The van der Waals surface area contributed by atoms with Crippen molar-refractivity contribution in [3.8, 4) is 22.6 Å². The number of aromatic nitrogens is 1.